The van der Waals surface area contributed by atoms with E-state index in [9.17, 15) is 14.4 Å². The standard InChI is InChI=1S/C32H31BrFN5O3/c33-22-6-5-7-23(16-22)35-32(42)37-30-31(41)39(19-28(40)38-17-20-12-13-21(18-38)15-14-20)27-11-4-2-9-25(27)29(36-30)24-8-1-3-10-26(24)34/h1-11,16,20-21,30H,12-15,17-19H2,(H2,35,37,42). The molecule has 3 heterocycles. The van der Waals surface area contributed by atoms with E-state index in [2.05, 4.69) is 31.6 Å². The fourth-order valence-corrected chi connectivity index (χ4v) is 6.54. The van der Waals surface area contributed by atoms with Crippen LogP contribution in [0.3, 0.4) is 0 Å². The summed E-state index contributed by atoms with van der Waals surface area (Å²) in [7, 11) is 0. The van der Waals surface area contributed by atoms with Crippen LogP contribution in [0.2, 0.25) is 0 Å². The summed E-state index contributed by atoms with van der Waals surface area (Å²) in [5.41, 5.74) is 1.85. The Morgan fingerprint density at radius 2 is 1.57 bits per heavy atom. The highest BCUT2D eigenvalue weighted by Crippen LogP contribution is 2.34. The summed E-state index contributed by atoms with van der Waals surface area (Å²) in [5, 5.41) is 5.38. The number of carbonyl (C=O) groups is 3. The first-order valence-electron chi connectivity index (χ1n) is 14.2. The van der Waals surface area contributed by atoms with Gasteiger partial charge in [0.2, 0.25) is 12.1 Å². The maximum Gasteiger partial charge on any atom is 0.321 e. The molecule has 3 fully saturated rings. The van der Waals surface area contributed by atoms with Crippen molar-refractivity contribution in [1.82, 2.24) is 10.2 Å². The van der Waals surface area contributed by atoms with Crippen molar-refractivity contribution in [2.24, 2.45) is 16.8 Å². The molecule has 10 heteroatoms. The molecule has 1 unspecified atom stereocenters. The number of benzodiazepines with no additional fused rings is 1. The van der Waals surface area contributed by atoms with E-state index in [0.29, 0.717) is 41.9 Å². The first-order chi connectivity index (χ1) is 20.4. The van der Waals surface area contributed by atoms with Gasteiger partial charge in [-0.1, -0.05) is 52.3 Å². The Hall–Kier alpha value is -4.05. The molecular weight excluding hydrogens is 601 g/mol. The molecule has 8 nitrogen and oxygen atoms in total. The second-order valence-corrected chi connectivity index (χ2v) is 12.0. The lowest BCUT2D eigenvalue weighted by molar-refractivity contribution is -0.132. The van der Waals surface area contributed by atoms with Crippen molar-refractivity contribution in [3.05, 3.63) is 94.2 Å². The van der Waals surface area contributed by atoms with Crippen molar-refractivity contribution in [3.8, 4) is 0 Å². The number of aliphatic imine (C=N–C) groups is 1. The zero-order valence-corrected chi connectivity index (χ0v) is 24.5. The van der Waals surface area contributed by atoms with E-state index in [1.807, 2.05) is 11.0 Å². The molecule has 7 rings (SSSR count). The molecule has 2 bridgehead atoms. The van der Waals surface area contributed by atoms with Crippen molar-refractivity contribution in [1.29, 1.82) is 0 Å². The van der Waals surface area contributed by atoms with E-state index in [1.54, 1.807) is 60.7 Å². The van der Waals surface area contributed by atoms with E-state index in [0.717, 1.165) is 30.2 Å². The number of urea groups is 1. The summed E-state index contributed by atoms with van der Waals surface area (Å²) in [6, 6.07) is 19.6. The van der Waals surface area contributed by atoms with Crippen LogP contribution < -0.4 is 15.5 Å². The molecule has 1 atom stereocenters. The Balaban J connectivity index is 1.35. The molecule has 0 radical (unpaired) electrons. The van der Waals surface area contributed by atoms with Crippen molar-refractivity contribution in [2.75, 3.05) is 29.9 Å². The number of nitrogens with zero attached hydrogens (tertiary/aromatic N) is 3. The summed E-state index contributed by atoms with van der Waals surface area (Å²) < 4.78 is 15.9. The largest absolute Gasteiger partial charge is 0.341 e. The maximum absolute atomic E-state index is 15.1. The van der Waals surface area contributed by atoms with Gasteiger partial charge in [0.1, 0.15) is 12.4 Å². The zero-order valence-electron chi connectivity index (χ0n) is 22.9. The fourth-order valence-electron chi connectivity index (χ4n) is 6.15. The monoisotopic (exact) mass is 631 g/mol. The Morgan fingerprint density at radius 3 is 2.26 bits per heavy atom. The summed E-state index contributed by atoms with van der Waals surface area (Å²) >= 11 is 3.38. The molecule has 2 saturated heterocycles. The number of benzene rings is 3. The van der Waals surface area contributed by atoms with Crippen LogP contribution in [0, 0.1) is 17.7 Å². The highest BCUT2D eigenvalue weighted by atomic mass is 79.9. The topological polar surface area (TPSA) is 94.1 Å². The third-order valence-corrected chi connectivity index (χ3v) is 8.75. The Morgan fingerprint density at radius 1 is 0.905 bits per heavy atom. The van der Waals surface area contributed by atoms with Gasteiger partial charge in [0.05, 0.1) is 11.4 Å². The molecule has 42 heavy (non-hydrogen) atoms. The third-order valence-electron chi connectivity index (χ3n) is 8.26. The van der Waals surface area contributed by atoms with Gasteiger partial charge in [0.25, 0.3) is 5.91 Å². The van der Waals surface area contributed by atoms with Gasteiger partial charge in [-0.2, -0.15) is 0 Å². The Kier molecular flexibility index (Phi) is 8.06. The van der Waals surface area contributed by atoms with E-state index < -0.39 is 23.9 Å². The number of anilines is 2. The van der Waals surface area contributed by atoms with Crippen LogP contribution in [0.1, 0.15) is 36.8 Å². The molecule has 3 aliphatic heterocycles. The van der Waals surface area contributed by atoms with Crippen molar-refractivity contribution in [2.45, 2.75) is 31.8 Å². The Labute approximate surface area is 252 Å². The summed E-state index contributed by atoms with van der Waals surface area (Å²) in [4.78, 5) is 48.9. The maximum atomic E-state index is 15.1. The van der Waals surface area contributed by atoms with E-state index in [4.69, 9.17) is 0 Å². The van der Waals surface area contributed by atoms with Gasteiger partial charge in [0, 0.05) is 34.4 Å². The molecule has 4 amide bonds. The number of halogens is 2. The van der Waals surface area contributed by atoms with Crippen LogP contribution in [-0.4, -0.2) is 54.3 Å². The number of nitrogens with one attached hydrogen (secondary N) is 2. The summed E-state index contributed by atoms with van der Waals surface area (Å²) in [6.45, 7) is 1.17. The molecule has 216 valence electrons. The molecule has 0 aromatic heterocycles. The van der Waals surface area contributed by atoms with Crippen LogP contribution in [0.15, 0.2) is 82.3 Å². The first-order valence-corrected chi connectivity index (χ1v) is 15.0. The molecule has 1 saturated carbocycles. The van der Waals surface area contributed by atoms with Crippen LogP contribution in [0.5, 0.6) is 0 Å². The summed E-state index contributed by atoms with van der Waals surface area (Å²) in [5.74, 6) is -0.285. The van der Waals surface area contributed by atoms with Crippen molar-refractivity contribution in [3.63, 3.8) is 0 Å². The number of hydrogen-bond acceptors (Lipinski definition) is 4. The molecule has 0 spiro atoms. The van der Waals surface area contributed by atoms with Gasteiger partial charge in [-0.3, -0.25) is 14.5 Å². The van der Waals surface area contributed by atoms with Crippen LogP contribution >= 0.6 is 15.9 Å². The van der Waals surface area contributed by atoms with Gasteiger partial charge >= 0.3 is 6.03 Å². The average molecular weight is 633 g/mol. The van der Waals surface area contributed by atoms with Gasteiger partial charge in [-0.25, -0.2) is 14.2 Å². The van der Waals surface area contributed by atoms with Crippen LogP contribution in [0.25, 0.3) is 0 Å². The lowest BCUT2D eigenvalue weighted by atomic mass is 9.84. The smallest absolute Gasteiger partial charge is 0.321 e. The molecule has 3 aromatic rings. The molecule has 3 aromatic carbocycles. The highest BCUT2D eigenvalue weighted by molar-refractivity contribution is 9.10. The molecule has 2 N–H and O–H groups in total. The predicted molar refractivity (Wildman–Crippen MR) is 163 cm³/mol. The SMILES string of the molecule is O=C(Nc1cccc(Br)c1)NC1N=C(c2ccccc2F)c2ccccc2N(CC(=O)N2CC3CCC(CC3)C2)C1=O. The second kappa shape index (κ2) is 12.1. The van der Waals surface area contributed by atoms with E-state index in [-0.39, 0.29) is 23.7 Å². The van der Waals surface area contributed by atoms with Gasteiger partial charge < -0.3 is 15.5 Å². The third kappa shape index (κ3) is 5.94. The van der Waals surface area contributed by atoms with Gasteiger partial charge in [-0.05, 0) is 73.9 Å². The van der Waals surface area contributed by atoms with Crippen molar-refractivity contribution >= 4 is 50.9 Å². The second-order valence-electron chi connectivity index (χ2n) is 11.1. The Bertz CT molecular complexity index is 1540. The molecule has 4 aliphatic rings. The highest BCUT2D eigenvalue weighted by Gasteiger charge is 2.37. The lowest BCUT2D eigenvalue weighted by Gasteiger charge is -2.29. The number of amides is 4. The minimum absolute atomic E-state index is 0.149. The van der Waals surface area contributed by atoms with E-state index in [1.165, 1.54) is 11.0 Å². The van der Waals surface area contributed by atoms with E-state index >= 15 is 4.39 Å². The van der Waals surface area contributed by atoms with Gasteiger partial charge in [0.15, 0.2) is 0 Å². The molecular formula is C32H31BrFN5O3. The number of hydrogen-bond donors (Lipinski definition) is 2. The van der Waals surface area contributed by atoms with Gasteiger partial charge in [-0.15, -0.1) is 0 Å². The van der Waals surface area contributed by atoms with Crippen molar-refractivity contribution < 1.29 is 18.8 Å². The minimum atomic E-state index is -1.41. The summed E-state index contributed by atoms with van der Waals surface area (Å²) in [6.07, 6.45) is 3.09. The normalized spacial score (nSPS) is 21.6. The average Bonchev–Trinajstić information content (AvgIpc) is 3.37. The quantitative estimate of drug-likeness (QED) is 0.386. The van der Waals surface area contributed by atoms with Crippen LogP contribution in [0.4, 0.5) is 20.6 Å². The number of carbonyl (C=O) groups excluding carboxylic acids is 3. The first kappa shape index (κ1) is 28.1. The lowest BCUT2D eigenvalue weighted by Crippen LogP contribution is -2.51. The predicted octanol–water partition coefficient (Wildman–Crippen LogP) is 5.57. The minimum Gasteiger partial charge on any atom is -0.341 e. The number of rotatable bonds is 5. The number of fused-ring (bicyclic) bond motifs is 5. The van der Waals surface area contributed by atoms with Crippen LogP contribution in [-0.2, 0) is 9.59 Å². The fraction of sp³-hybridized carbons (Fsp3) is 0.312. The zero-order chi connectivity index (χ0) is 29.2. The molecule has 1 aliphatic carbocycles. The number of para-hydroxylation sites is 1.